The van der Waals surface area contributed by atoms with E-state index in [1.807, 2.05) is 27.7 Å². The maximum Gasteiger partial charge on any atom is 0.410 e. The van der Waals surface area contributed by atoms with Crippen LogP contribution in [0.5, 0.6) is 5.75 Å². The van der Waals surface area contributed by atoms with Gasteiger partial charge in [0.15, 0.2) is 5.78 Å². The highest BCUT2D eigenvalue weighted by atomic mass is 35.5. The maximum absolute atomic E-state index is 13.2. The molecule has 1 aromatic rings. The normalized spacial score (nSPS) is 19.9. The smallest absolute Gasteiger partial charge is 0.410 e. The second-order valence-corrected chi connectivity index (χ2v) is 8.84. The van der Waals surface area contributed by atoms with Crippen molar-refractivity contribution in [2.75, 3.05) is 19.7 Å². The highest BCUT2D eigenvalue weighted by Gasteiger charge is 2.36. The Morgan fingerprint density at radius 1 is 1.29 bits per heavy atom. The number of likely N-dealkylation sites (tertiary alicyclic amines) is 1. The molecule has 1 aromatic carbocycles. The lowest BCUT2D eigenvalue weighted by Crippen LogP contribution is -2.46. The highest BCUT2D eigenvalue weighted by molar-refractivity contribution is 6.42. The lowest BCUT2D eigenvalue weighted by molar-refractivity contribution is 0.0118. The number of Topliss-reactive ketones (excluding diaryl/α,β-unsaturated/α-hetero) is 1. The molecule has 1 saturated heterocycles. The van der Waals surface area contributed by atoms with Gasteiger partial charge in [-0.1, -0.05) is 42.8 Å². The Labute approximate surface area is 176 Å². The molecule has 0 spiro atoms. The summed E-state index contributed by atoms with van der Waals surface area (Å²) < 4.78 is 11.1. The number of benzene rings is 1. The standard InChI is InChI=1S/C21H27Cl2NO4/c1-6-9-27-18-11-17(23)16(22)10-15(18)19(25)14-7-8-24(12-13(14)2)20(26)28-21(3,4)5/h6,10-11,13-14H,1,7-9,12H2,2-5H3. The minimum atomic E-state index is -0.551. The van der Waals surface area contributed by atoms with Crippen molar-refractivity contribution in [1.82, 2.24) is 4.90 Å². The van der Waals surface area contributed by atoms with E-state index >= 15 is 0 Å². The first kappa shape index (κ1) is 22.6. The van der Waals surface area contributed by atoms with Crippen LogP contribution < -0.4 is 4.74 Å². The van der Waals surface area contributed by atoms with Crippen molar-refractivity contribution >= 4 is 35.1 Å². The number of ether oxygens (including phenoxy) is 2. The fraction of sp³-hybridized carbons (Fsp3) is 0.524. The third-order valence-corrected chi connectivity index (χ3v) is 5.26. The van der Waals surface area contributed by atoms with Gasteiger partial charge in [0.25, 0.3) is 0 Å². The number of piperidine rings is 1. The SMILES string of the molecule is C=CCOc1cc(Cl)c(Cl)cc1C(=O)C1CCN(C(=O)OC(C)(C)C)CC1C. The van der Waals surface area contributed by atoms with Gasteiger partial charge in [-0.25, -0.2) is 4.79 Å². The minimum Gasteiger partial charge on any atom is -0.489 e. The van der Waals surface area contributed by atoms with E-state index in [9.17, 15) is 9.59 Å². The van der Waals surface area contributed by atoms with Crippen LogP contribution in [0.1, 0.15) is 44.5 Å². The van der Waals surface area contributed by atoms with Crippen LogP contribution in [0.25, 0.3) is 0 Å². The molecule has 1 aliphatic rings. The molecular formula is C21H27Cl2NO4. The molecule has 154 valence electrons. The lowest BCUT2D eigenvalue weighted by atomic mass is 9.81. The summed E-state index contributed by atoms with van der Waals surface area (Å²) in [5.41, 5.74) is -0.149. The van der Waals surface area contributed by atoms with Crippen LogP contribution >= 0.6 is 23.2 Å². The Hall–Kier alpha value is -1.72. The fourth-order valence-electron chi connectivity index (χ4n) is 3.22. The Kier molecular flexibility index (Phi) is 7.40. The number of ketones is 1. The fourth-order valence-corrected chi connectivity index (χ4v) is 3.53. The van der Waals surface area contributed by atoms with E-state index in [1.54, 1.807) is 23.1 Å². The first-order valence-corrected chi connectivity index (χ1v) is 10.0. The van der Waals surface area contributed by atoms with Gasteiger partial charge in [0.05, 0.1) is 15.6 Å². The molecule has 5 nitrogen and oxygen atoms in total. The molecule has 1 fully saturated rings. The molecule has 0 aromatic heterocycles. The molecule has 0 bridgehead atoms. The van der Waals surface area contributed by atoms with Gasteiger partial charge in [-0.3, -0.25) is 4.79 Å². The quantitative estimate of drug-likeness (QED) is 0.450. The van der Waals surface area contributed by atoms with E-state index in [0.29, 0.717) is 40.9 Å². The van der Waals surface area contributed by atoms with Crippen molar-refractivity contribution in [3.63, 3.8) is 0 Å². The molecule has 1 aliphatic heterocycles. The summed E-state index contributed by atoms with van der Waals surface area (Å²) in [4.78, 5) is 27.2. The predicted octanol–water partition coefficient (Wildman–Crippen LogP) is 5.63. The van der Waals surface area contributed by atoms with Crippen LogP contribution in [-0.4, -0.2) is 42.1 Å². The lowest BCUT2D eigenvalue weighted by Gasteiger charge is -2.37. The number of carbonyl (C=O) groups is 2. The molecule has 2 unspecified atom stereocenters. The number of halogens is 2. The average Bonchev–Trinajstić information content (AvgIpc) is 2.60. The zero-order valence-electron chi connectivity index (χ0n) is 16.8. The number of hydrogen-bond donors (Lipinski definition) is 0. The number of hydrogen-bond acceptors (Lipinski definition) is 4. The zero-order chi connectivity index (χ0) is 21.1. The molecule has 0 aliphatic carbocycles. The molecule has 1 heterocycles. The number of carbonyl (C=O) groups excluding carboxylic acids is 2. The third kappa shape index (κ3) is 5.65. The van der Waals surface area contributed by atoms with E-state index in [-0.39, 0.29) is 30.3 Å². The Morgan fingerprint density at radius 2 is 1.93 bits per heavy atom. The molecular weight excluding hydrogens is 401 g/mol. The molecule has 7 heteroatoms. The molecule has 1 amide bonds. The van der Waals surface area contributed by atoms with Crippen LogP contribution in [0.2, 0.25) is 10.0 Å². The van der Waals surface area contributed by atoms with Gasteiger partial charge in [-0.2, -0.15) is 0 Å². The van der Waals surface area contributed by atoms with Crippen molar-refractivity contribution in [2.45, 2.75) is 39.7 Å². The van der Waals surface area contributed by atoms with E-state index in [2.05, 4.69) is 6.58 Å². The largest absolute Gasteiger partial charge is 0.489 e. The van der Waals surface area contributed by atoms with Gasteiger partial charge in [-0.15, -0.1) is 0 Å². The summed E-state index contributed by atoms with van der Waals surface area (Å²) >= 11 is 12.2. The molecule has 0 N–H and O–H groups in total. The van der Waals surface area contributed by atoms with E-state index in [0.717, 1.165) is 0 Å². The Balaban J connectivity index is 2.17. The molecule has 0 radical (unpaired) electrons. The number of nitrogens with zero attached hydrogens (tertiary/aromatic N) is 1. The molecule has 28 heavy (non-hydrogen) atoms. The van der Waals surface area contributed by atoms with Crippen LogP contribution in [-0.2, 0) is 4.74 Å². The minimum absolute atomic E-state index is 0.0320. The van der Waals surface area contributed by atoms with Gasteiger partial charge < -0.3 is 14.4 Å². The highest BCUT2D eigenvalue weighted by Crippen LogP contribution is 2.35. The van der Waals surface area contributed by atoms with Crippen LogP contribution in [0.15, 0.2) is 24.8 Å². The molecule has 2 atom stereocenters. The maximum atomic E-state index is 13.2. The summed E-state index contributed by atoms with van der Waals surface area (Å²) in [6, 6.07) is 3.11. The van der Waals surface area contributed by atoms with Crippen molar-refractivity contribution in [3.8, 4) is 5.75 Å². The summed E-state index contributed by atoms with van der Waals surface area (Å²) in [6.07, 6.45) is 1.79. The Bertz CT molecular complexity index is 758. The summed E-state index contributed by atoms with van der Waals surface area (Å²) in [7, 11) is 0. The second-order valence-electron chi connectivity index (χ2n) is 8.03. The molecule has 0 saturated carbocycles. The van der Waals surface area contributed by atoms with Gasteiger partial charge >= 0.3 is 6.09 Å². The van der Waals surface area contributed by atoms with Crippen molar-refractivity contribution in [2.24, 2.45) is 11.8 Å². The first-order valence-electron chi connectivity index (χ1n) is 9.28. The van der Waals surface area contributed by atoms with Crippen molar-refractivity contribution in [3.05, 3.63) is 40.4 Å². The molecule has 2 rings (SSSR count). The van der Waals surface area contributed by atoms with Gasteiger partial charge in [0.2, 0.25) is 0 Å². The van der Waals surface area contributed by atoms with Crippen LogP contribution in [0.3, 0.4) is 0 Å². The summed E-state index contributed by atoms with van der Waals surface area (Å²) in [6.45, 7) is 12.2. The Morgan fingerprint density at radius 3 is 2.50 bits per heavy atom. The predicted molar refractivity (Wildman–Crippen MR) is 112 cm³/mol. The number of amides is 1. The zero-order valence-corrected chi connectivity index (χ0v) is 18.3. The second kappa shape index (κ2) is 9.19. The topological polar surface area (TPSA) is 55.8 Å². The van der Waals surface area contributed by atoms with Crippen LogP contribution in [0, 0.1) is 11.8 Å². The number of rotatable bonds is 5. The van der Waals surface area contributed by atoms with Gasteiger partial charge in [0.1, 0.15) is 18.0 Å². The first-order chi connectivity index (χ1) is 13.0. The average molecular weight is 428 g/mol. The van der Waals surface area contributed by atoms with Crippen LogP contribution in [0.4, 0.5) is 4.79 Å². The van der Waals surface area contributed by atoms with Gasteiger partial charge in [0, 0.05) is 25.1 Å². The monoisotopic (exact) mass is 427 g/mol. The summed E-state index contributed by atoms with van der Waals surface area (Å²) in [5.74, 6) is 0.0486. The van der Waals surface area contributed by atoms with E-state index < -0.39 is 5.60 Å². The van der Waals surface area contributed by atoms with Crippen molar-refractivity contribution < 1.29 is 19.1 Å². The third-order valence-electron chi connectivity index (χ3n) is 4.54. The van der Waals surface area contributed by atoms with Crippen molar-refractivity contribution in [1.29, 1.82) is 0 Å². The summed E-state index contributed by atoms with van der Waals surface area (Å²) in [5, 5.41) is 0.625. The van der Waals surface area contributed by atoms with Gasteiger partial charge in [-0.05, 0) is 39.2 Å². The van der Waals surface area contributed by atoms with E-state index in [4.69, 9.17) is 32.7 Å². The van der Waals surface area contributed by atoms with E-state index in [1.165, 1.54) is 0 Å².